The lowest BCUT2D eigenvalue weighted by atomic mass is 9.93. The van der Waals surface area contributed by atoms with Gasteiger partial charge >= 0.3 is 0 Å². The summed E-state index contributed by atoms with van der Waals surface area (Å²) in [4.78, 5) is 19.7. The maximum Gasteiger partial charge on any atom is 0.164 e. The Morgan fingerprint density at radius 3 is 1.81 bits per heavy atom. The molecular weight excluding hydrogens is 793 g/mol. The number of benzene rings is 8. The molecular formula is C56H32N4O2S. The Hall–Kier alpha value is -8.26. The van der Waals surface area contributed by atoms with Crippen molar-refractivity contribution < 1.29 is 8.83 Å². The minimum Gasteiger partial charge on any atom is -0.456 e. The van der Waals surface area contributed by atoms with Crippen LogP contribution in [-0.2, 0) is 0 Å². The molecule has 0 saturated heterocycles. The van der Waals surface area contributed by atoms with Gasteiger partial charge in [0.2, 0.25) is 0 Å². The summed E-state index contributed by atoms with van der Waals surface area (Å²) in [6, 6.07) is 63.1. The number of hydrogen-bond donors (Lipinski definition) is 0. The lowest BCUT2D eigenvalue weighted by Gasteiger charge is -2.11. The summed E-state index contributed by atoms with van der Waals surface area (Å²) in [6.45, 7) is 0. The fourth-order valence-corrected chi connectivity index (χ4v) is 10.3. The summed E-state index contributed by atoms with van der Waals surface area (Å²) in [5.74, 6) is 1.70. The normalized spacial score (nSPS) is 11.8. The highest BCUT2D eigenvalue weighted by Gasteiger charge is 2.21. The van der Waals surface area contributed by atoms with Crippen molar-refractivity contribution >= 4 is 75.4 Å². The topological polar surface area (TPSA) is 77.8 Å². The largest absolute Gasteiger partial charge is 0.456 e. The molecule has 0 N–H and O–H groups in total. The van der Waals surface area contributed by atoms with E-state index in [-0.39, 0.29) is 0 Å². The highest BCUT2D eigenvalue weighted by Crippen LogP contribution is 2.46. The second kappa shape index (κ2) is 14.2. The van der Waals surface area contributed by atoms with E-state index in [1.54, 1.807) is 6.20 Å². The van der Waals surface area contributed by atoms with E-state index in [1.807, 2.05) is 66.1 Å². The van der Waals surface area contributed by atoms with Gasteiger partial charge in [-0.1, -0.05) is 133 Å². The SMILES string of the molecule is c1cncc(-c2cccc(-c3nc(-c4ccc(-c5ccc(-c6cccc7c6sc6ccccc67)c6c5oc5ccccc56)cc4)nc(-c4ccc5c(c4)oc4ccccc45)n3)c2)c1. The van der Waals surface area contributed by atoms with Crippen LogP contribution in [0.4, 0.5) is 0 Å². The van der Waals surface area contributed by atoms with Crippen LogP contribution in [0, 0.1) is 0 Å². The number of nitrogens with zero attached hydrogens (tertiary/aromatic N) is 4. The second-order valence-corrected chi connectivity index (χ2v) is 16.8. The molecule has 6 nitrogen and oxygen atoms in total. The molecule has 0 unspecified atom stereocenters. The zero-order chi connectivity index (χ0) is 41.4. The maximum absolute atomic E-state index is 6.77. The molecule has 7 heteroatoms. The lowest BCUT2D eigenvalue weighted by Crippen LogP contribution is -2.00. The maximum atomic E-state index is 6.77. The van der Waals surface area contributed by atoms with Gasteiger partial charge in [-0.15, -0.1) is 11.3 Å². The Kier molecular flexibility index (Phi) is 7.98. The predicted octanol–water partition coefficient (Wildman–Crippen LogP) is 15.4. The van der Waals surface area contributed by atoms with Gasteiger partial charge in [0.25, 0.3) is 0 Å². The molecule has 0 spiro atoms. The third-order valence-electron chi connectivity index (χ3n) is 12.1. The van der Waals surface area contributed by atoms with Gasteiger partial charge < -0.3 is 8.83 Å². The van der Waals surface area contributed by atoms with Crippen molar-refractivity contribution in [1.29, 1.82) is 0 Å². The Morgan fingerprint density at radius 2 is 0.984 bits per heavy atom. The van der Waals surface area contributed by atoms with Crippen molar-refractivity contribution in [2.24, 2.45) is 0 Å². The van der Waals surface area contributed by atoms with E-state index in [9.17, 15) is 0 Å². The van der Waals surface area contributed by atoms with Gasteiger partial charge in [-0.3, -0.25) is 4.98 Å². The van der Waals surface area contributed by atoms with E-state index in [4.69, 9.17) is 23.8 Å². The van der Waals surface area contributed by atoms with Crippen LogP contribution in [0.2, 0.25) is 0 Å². The first kappa shape index (κ1) is 35.5. The zero-order valence-corrected chi connectivity index (χ0v) is 34.3. The summed E-state index contributed by atoms with van der Waals surface area (Å²) < 4.78 is 15.6. The van der Waals surface area contributed by atoms with Crippen LogP contribution < -0.4 is 0 Å². The molecule has 0 bridgehead atoms. The number of furan rings is 2. The quantitative estimate of drug-likeness (QED) is 0.166. The van der Waals surface area contributed by atoms with Gasteiger partial charge in [0.05, 0.1) is 0 Å². The third kappa shape index (κ3) is 5.86. The summed E-state index contributed by atoms with van der Waals surface area (Å²) >= 11 is 1.85. The fraction of sp³-hybridized carbons (Fsp3) is 0. The van der Waals surface area contributed by atoms with Crippen LogP contribution in [0.15, 0.2) is 203 Å². The third-order valence-corrected chi connectivity index (χ3v) is 13.3. The highest BCUT2D eigenvalue weighted by molar-refractivity contribution is 7.26. The molecule has 63 heavy (non-hydrogen) atoms. The molecule has 0 radical (unpaired) electrons. The van der Waals surface area contributed by atoms with Gasteiger partial charge in [-0.05, 0) is 65.2 Å². The fourth-order valence-electron chi connectivity index (χ4n) is 9.04. The van der Waals surface area contributed by atoms with E-state index >= 15 is 0 Å². The molecule has 294 valence electrons. The first-order chi connectivity index (χ1) is 31.2. The van der Waals surface area contributed by atoms with Crippen LogP contribution >= 0.6 is 11.3 Å². The van der Waals surface area contributed by atoms with E-state index in [2.05, 4.69) is 138 Å². The second-order valence-electron chi connectivity index (χ2n) is 15.8. The van der Waals surface area contributed by atoms with Crippen LogP contribution in [0.5, 0.6) is 0 Å². The number of para-hydroxylation sites is 2. The number of rotatable bonds is 6. The van der Waals surface area contributed by atoms with Crippen molar-refractivity contribution in [3.8, 4) is 67.5 Å². The molecule has 0 aliphatic heterocycles. The monoisotopic (exact) mass is 824 g/mol. The minimum atomic E-state index is 0.557. The average molecular weight is 825 g/mol. The van der Waals surface area contributed by atoms with Crippen LogP contribution in [-0.4, -0.2) is 19.9 Å². The van der Waals surface area contributed by atoms with Crippen LogP contribution in [0.3, 0.4) is 0 Å². The summed E-state index contributed by atoms with van der Waals surface area (Å²) in [5.41, 5.74) is 12.4. The molecule has 5 heterocycles. The van der Waals surface area contributed by atoms with Crippen molar-refractivity contribution in [2.75, 3.05) is 0 Å². The number of hydrogen-bond acceptors (Lipinski definition) is 7. The average Bonchev–Trinajstić information content (AvgIpc) is 4.06. The van der Waals surface area contributed by atoms with E-state index in [1.165, 1.54) is 25.7 Å². The van der Waals surface area contributed by atoms with E-state index in [0.717, 1.165) is 88.4 Å². The molecule has 8 aromatic carbocycles. The van der Waals surface area contributed by atoms with Gasteiger partial charge in [0.15, 0.2) is 17.5 Å². The van der Waals surface area contributed by atoms with Crippen molar-refractivity contribution in [3.63, 3.8) is 0 Å². The van der Waals surface area contributed by atoms with Gasteiger partial charge in [0, 0.05) is 87.5 Å². The van der Waals surface area contributed by atoms with Gasteiger partial charge in [0.1, 0.15) is 22.3 Å². The Bertz CT molecular complexity index is 3920. The molecule has 13 aromatic rings. The predicted molar refractivity (Wildman–Crippen MR) is 258 cm³/mol. The van der Waals surface area contributed by atoms with E-state index in [0.29, 0.717) is 17.5 Å². The standard InChI is InChI=1S/C56H32N4O2S/c1-4-18-47-40(13-1)41-26-25-37(31-49(41)61-47)56-59-54(58-55(60-56)36-11-7-10-35(30-36)38-12-9-29-57-32-38)34-23-21-33(22-24-34)39-27-28-43(51-46-15-2-5-19-48(46)62-52(39)51)45-17-8-16-44-42-14-3-6-20-50(42)63-53(44)45/h1-32H. The van der Waals surface area contributed by atoms with Crippen molar-refractivity contribution in [1.82, 2.24) is 19.9 Å². The summed E-state index contributed by atoms with van der Waals surface area (Å²) in [7, 11) is 0. The van der Waals surface area contributed by atoms with Crippen molar-refractivity contribution in [3.05, 3.63) is 194 Å². The van der Waals surface area contributed by atoms with Gasteiger partial charge in [-0.2, -0.15) is 0 Å². The van der Waals surface area contributed by atoms with Crippen LogP contribution in [0.1, 0.15) is 0 Å². The molecule has 0 amide bonds. The molecule has 0 aliphatic carbocycles. The van der Waals surface area contributed by atoms with Crippen LogP contribution in [0.25, 0.3) is 132 Å². The Balaban J connectivity index is 0.943. The zero-order valence-electron chi connectivity index (χ0n) is 33.5. The minimum absolute atomic E-state index is 0.557. The van der Waals surface area contributed by atoms with Crippen molar-refractivity contribution in [2.45, 2.75) is 0 Å². The first-order valence-electron chi connectivity index (χ1n) is 20.8. The molecule has 0 fully saturated rings. The molecule has 0 atom stereocenters. The number of thiophene rings is 1. The molecule has 0 aliphatic rings. The lowest BCUT2D eigenvalue weighted by molar-refractivity contribution is 0.669. The Morgan fingerprint density at radius 1 is 0.365 bits per heavy atom. The van der Waals surface area contributed by atoms with Gasteiger partial charge in [-0.25, -0.2) is 15.0 Å². The number of fused-ring (bicyclic) bond motifs is 9. The Labute approximate surface area is 364 Å². The highest BCUT2D eigenvalue weighted by atomic mass is 32.1. The van der Waals surface area contributed by atoms with E-state index < -0.39 is 0 Å². The summed E-state index contributed by atoms with van der Waals surface area (Å²) in [6.07, 6.45) is 3.65. The first-order valence-corrected chi connectivity index (χ1v) is 21.7. The number of pyridine rings is 1. The molecule has 5 aromatic heterocycles. The molecule has 0 saturated carbocycles. The smallest absolute Gasteiger partial charge is 0.164 e. The summed E-state index contributed by atoms with van der Waals surface area (Å²) in [5, 5.41) is 6.89. The molecule has 13 rings (SSSR count). The number of aromatic nitrogens is 4.